The SMILES string of the molecule is COc1ccc(C#N)cc1CS(=O)(=O)CC(C)CN. The van der Waals surface area contributed by atoms with Crippen molar-refractivity contribution in [3.8, 4) is 11.8 Å². The first kappa shape index (κ1) is 15.5. The molecule has 0 aliphatic heterocycles. The summed E-state index contributed by atoms with van der Waals surface area (Å²) in [5.74, 6) is 0.276. The summed E-state index contributed by atoms with van der Waals surface area (Å²) >= 11 is 0. The average Bonchev–Trinajstić information content (AvgIpc) is 2.37. The summed E-state index contributed by atoms with van der Waals surface area (Å²) in [5.41, 5.74) is 6.36. The zero-order valence-electron chi connectivity index (χ0n) is 11.1. The molecule has 6 heteroatoms. The number of nitriles is 1. The molecule has 0 aliphatic rings. The van der Waals surface area contributed by atoms with Gasteiger partial charge in [0, 0.05) is 5.56 Å². The van der Waals surface area contributed by atoms with Gasteiger partial charge in [-0.15, -0.1) is 0 Å². The van der Waals surface area contributed by atoms with Gasteiger partial charge >= 0.3 is 0 Å². The number of methoxy groups -OCH3 is 1. The molecule has 0 radical (unpaired) electrons. The Morgan fingerprint density at radius 1 is 1.47 bits per heavy atom. The van der Waals surface area contributed by atoms with Gasteiger partial charge in [0.1, 0.15) is 5.75 Å². The van der Waals surface area contributed by atoms with Crippen LogP contribution in [0.2, 0.25) is 0 Å². The lowest BCUT2D eigenvalue weighted by molar-refractivity contribution is 0.411. The van der Waals surface area contributed by atoms with E-state index in [-0.39, 0.29) is 17.4 Å². The van der Waals surface area contributed by atoms with Crippen molar-refractivity contribution in [2.75, 3.05) is 19.4 Å². The maximum atomic E-state index is 12.0. The number of rotatable bonds is 6. The minimum atomic E-state index is -3.27. The summed E-state index contributed by atoms with van der Waals surface area (Å²) in [4.78, 5) is 0. The zero-order chi connectivity index (χ0) is 14.5. The molecular weight excluding hydrogens is 264 g/mol. The van der Waals surface area contributed by atoms with E-state index >= 15 is 0 Å². The van der Waals surface area contributed by atoms with Crippen molar-refractivity contribution in [2.24, 2.45) is 11.7 Å². The van der Waals surface area contributed by atoms with Gasteiger partial charge in [-0.2, -0.15) is 5.26 Å². The molecule has 0 saturated carbocycles. The Morgan fingerprint density at radius 3 is 2.68 bits per heavy atom. The molecule has 0 aromatic heterocycles. The number of sulfone groups is 1. The van der Waals surface area contributed by atoms with Crippen molar-refractivity contribution in [1.29, 1.82) is 5.26 Å². The van der Waals surface area contributed by atoms with E-state index in [4.69, 9.17) is 15.7 Å². The Labute approximate surface area is 113 Å². The van der Waals surface area contributed by atoms with Crippen LogP contribution in [0, 0.1) is 17.2 Å². The monoisotopic (exact) mass is 282 g/mol. The zero-order valence-corrected chi connectivity index (χ0v) is 11.9. The van der Waals surface area contributed by atoms with Gasteiger partial charge in [0.2, 0.25) is 0 Å². The van der Waals surface area contributed by atoms with E-state index in [0.717, 1.165) is 0 Å². The molecule has 1 rings (SSSR count). The second-order valence-corrected chi connectivity index (χ2v) is 6.64. The number of ether oxygens (including phenoxy) is 1. The molecule has 0 bridgehead atoms. The summed E-state index contributed by atoms with van der Waals surface area (Å²) in [6.07, 6.45) is 0. The highest BCUT2D eigenvalue weighted by Crippen LogP contribution is 2.22. The fourth-order valence-electron chi connectivity index (χ4n) is 1.76. The molecule has 0 spiro atoms. The third kappa shape index (κ3) is 4.54. The molecule has 1 aromatic carbocycles. The maximum absolute atomic E-state index is 12.0. The highest BCUT2D eigenvalue weighted by atomic mass is 32.2. The van der Waals surface area contributed by atoms with Gasteiger partial charge in [-0.1, -0.05) is 6.92 Å². The molecule has 19 heavy (non-hydrogen) atoms. The van der Waals surface area contributed by atoms with Crippen LogP contribution in [0.1, 0.15) is 18.1 Å². The van der Waals surface area contributed by atoms with E-state index in [1.807, 2.05) is 6.07 Å². The van der Waals surface area contributed by atoms with Crippen molar-refractivity contribution in [3.63, 3.8) is 0 Å². The molecule has 0 aliphatic carbocycles. The molecule has 0 heterocycles. The van der Waals surface area contributed by atoms with Crippen LogP contribution >= 0.6 is 0 Å². The minimum absolute atomic E-state index is 0.0312. The van der Waals surface area contributed by atoms with Crippen LogP contribution in [-0.4, -0.2) is 27.8 Å². The third-order valence-electron chi connectivity index (χ3n) is 2.73. The minimum Gasteiger partial charge on any atom is -0.496 e. The Balaban J connectivity index is 3.01. The molecule has 0 amide bonds. The third-order valence-corrected chi connectivity index (χ3v) is 4.55. The van der Waals surface area contributed by atoms with Crippen LogP contribution in [0.3, 0.4) is 0 Å². The van der Waals surface area contributed by atoms with Crippen LogP contribution in [0.4, 0.5) is 0 Å². The lowest BCUT2D eigenvalue weighted by Gasteiger charge is -2.12. The summed E-state index contributed by atoms with van der Waals surface area (Å²) in [6.45, 7) is 2.12. The summed E-state index contributed by atoms with van der Waals surface area (Å²) < 4.78 is 29.2. The lowest BCUT2D eigenvalue weighted by atomic mass is 10.1. The highest BCUT2D eigenvalue weighted by molar-refractivity contribution is 7.90. The summed E-state index contributed by atoms with van der Waals surface area (Å²) in [6, 6.07) is 6.73. The molecule has 1 aromatic rings. The second kappa shape index (κ2) is 6.55. The largest absolute Gasteiger partial charge is 0.496 e. The van der Waals surface area contributed by atoms with E-state index < -0.39 is 9.84 Å². The first-order valence-corrected chi connectivity index (χ1v) is 7.71. The number of hydrogen-bond donors (Lipinski definition) is 1. The van der Waals surface area contributed by atoms with Gasteiger partial charge in [0.25, 0.3) is 0 Å². The molecule has 0 saturated heterocycles. The van der Waals surface area contributed by atoms with Crippen LogP contribution in [-0.2, 0) is 15.6 Å². The van der Waals surface area contributed by atoms with Crippen LogP contribution in [0.5, 0.6) is 5.75 Å². The molecule has 1 atom stereocenters. The topological polar surface area (TPSA) is 93.2 Å². The Bertz CT molecular complexity index is 576. The Morgan fingerprint density at radius 2 is 2.16 bits per heavy atom. The molecule has 104 valence electrons. The van der Waals surface area contributed by atoms with Crippen molar-refractivity contribution in [1.82, 2.24) is 0 Å². The van der Waals surface area contributed by atoms with Gasteiger partial charge in [0.15, 0.2) is 9.84 Å². The van der Waals surface area contributed by atoms with Gasteiger partial charge in [-0.05, 0) is 30.7 Å². The van der Waals surface area contributed by atoms with Crippen LogP contribution in [0.25, 0.3) is 0 Å². The normalized spacial score (nSPS) is 12.7. The van der Waals surface area contributed by atoms with Crippen molar-refractivity contribution in [3.05, 3.63) is 29.3 Å². The van der Waals surface area contributed by atoms with Gasteiger partial charge in [-0.3, -0.25) is 0 Å². The van der Waals surface area contributed by atoms with Crippen molar-refractivity contribution >= 4 is 9.84 Å². The molecule has 5 nitrogen and oxygen atoms in total. The number of nitrogens with zero attached hydrogens (tertiary/aromatic N) is 1. The summed E-state index contributed by atoms with van der Waals surface area (Å²) in [7, 11) is -1.80. The molecule has 2 N–H and O–H groups in total. The lowest BCUT2D eigenvalue weighted by Crippen LogP contribution is -2.22. The smallest absolute Gasteiger partial charge is 0.154 e. The van der Waals surface area contributed by atoms with Gasteiger partial charge in [-0.25, -0.2) is 8.42 Å². The quantitative estimate of drug-likeness (QED) is 0.842. The highest BCUT2D eigenvalue weighted by Gasteiger charge is 2.18. The van der Waals surface area contributed by atoms with Crippen LogP contribution in [0.15, 0.2) is 18.2 Å². The second-order valence-electron chi connectivity index (χ2n) is 4.53. The van der Waals surface area contributed by atoms with E-state index in [2.05, 4.69) is 0 Å². The maximum Gasteiger partial charge on any atom is 0.154 e. The first-order valence-electron chi connectivity index (χ1n) is 5.89. The number of benzene rings is 1. The Kier molecular flexibility index (Phi) is 5.33. The molecule has 0 fully saturated rings. The van der Waals surface area contributed by atoms with Crippen LogP contribution < -0.4 is 10.5 Å². The predicted molar refractivity (Wildman–Crippen MR) is 73.4 cm³/mol. The standard InChI is InChI=1S/C13H18N2O3S/c1-10(6-14)8-19(16,17)9-12-5-11(7-15)3-4-13(12)18-2/h3-5,10H,6,8-9,14H2,1-2H3. The average molecular weight is 282 g/mol. The fraction of sp³-hybridized carbons (Fsp3) is 0.462. The number of hydrogen-bond acceptors (Lipinski definition) is 5. The summed E-state index contributed by atoms with van der Waals surface area (Å²) in [5, 5.41) is 8.85. The molecule has 1 unspecified atom stereocenters. The van der Waals surface area contributed by atoms with E-state index in [9.17, 15) is 8.42 Å². The van der Waals surface area contributed by atoms with Crippen molar-refractivity contribution < 1.29 is 13.2 Å². The van der Waals surface area contributed by atoms with E-state index in [1.165, 1.54) is 7.11 Å². The Hall–Kier alpha value is -1.58. The van der Waals surface area contributed by atoms with Gasteiger partial charge < -0.3 is 10.5 Å². The van der Waals surface area contributed by atoms with E-state index in [1.54, 1.807) is 25.1 Å². The first-order chi connectivity index (χ1) is 8.91. The molecular formula is C13H18N2O3S. The van der Waals surface area contributed by atoms with Crippen molar-refractivity contribution in [2.45, 2.75) is 12.7 Å². The fourth-order valence-corrected chi connectivity index (χ4v) is 3.58. The van der Waals surface area contributed by atoms with Gasteiger partial charge in [0.05, 0.1) is 30.2 Å². The van der Waals surface area contributed by atoms with E-state index in [0.29, 0.717) is 23.4 Å². The number of nitrogens with two attached hydrogens (primary N) is 1. The predicted octanol–water partition coefficient (Wildman–Crippen LogP) is 1.08.